The molecule has 0 saturated carbocycles. The zero-order chi connectivity index (χ0) is 14.5. The van der Waals surface area contributed by atoms with E-state index in [1.807, 2.05) is 6.92 Å². The van der Waals surface area contributed by atoms with E-state index in [-0.39, 0.29) is 5.69 Å². The van der Waals surface area contributed by atoms with Crippen molar-refractivity contribution >= 4 is 27.8 Å². The molecule has 102 valence electrons. The van der Waals surface area contributed by atoms with Crippen LogP contribution in [0.2, 0.25) is 0 Å². The number of aliphatic imine (C=N–C) groups is 1. The topological polar surface area (TPSA) is 12.4 Å². The number of hydrogen-bond acceptors (Lipinski definition) is 1. The van der Waals surface area contributed by atoms with Gasteiger partial charge in [-0.25, -0.2) is 0 Å². The zero-order valence-corrected chi connectivity index (χ0v) is 11.9. The van der Waals surface area contributed by atoms with Crippen LogP contribution in [0.5, 0.6) is 0 Å². The molecule has 1 aromatic rings. The van der Waals surface area contributed by atoms with Crippen molar-refractivity contribution in [3.63, 3.8) is 0 Å². The zero-order valence-electron chi connectivity index (χ0n) is 10.3. The molecule has 0 aliphatic heterocycles. The summed E-state index contributed by atoms with van der Waals surface area (Å²) in [5.41, 5.74) is 0.445. The van der Waals surface area contributed by atoms with Crippen LogP contribution in [0.15, 0.2) is 52.0 Å². The molecule has 0 amide bonds. The van der Waals surface area contributed by atoms with Gasteiger partial charge in [-0.2, -0.15) is 13.2 Å². The summed E-state index contributed by atoms with van der Waals surface area (Å²) in [6.45, 7) is 5.74. The van der Waals surface area contributed by atoms with Crippen LogP contribution in [0.1, 0.15) is 18.9 Å². The lowest BCUT2D eigenvalue weighted by atomic mass is 10.2. The third-order valence-corrected chi connectivity index (χ3v) is 2.76. The molecule has 0 aliphatic rings. The summed E-state index contributed by atoms with van der Waals surface area (Å²) in [4.78, 5) is 3.96. The summed E-state index contributed by atoms with van der Waals surface area (Å²) in [6.07, 6.45) is 1.31. The van der Waals surface area contributed by atoms with E-state index in [9.17, 15) is 13.2 Å². The summed E-state index contributed by atoms with van der Waals surface area (Å²) in [7, 11) is 0. The van der Waals surface area contributed by atoms with Crippen molar-refractivity contribution in [2.45, 2.75) is 19.5 Å². The largest absolute Gasteiger partial charge is 0.416 e. The Kier molecular flexibility index (Phi) is 5.54. The average molecular weight is 332 g/mol. The molecule has 0 saturated heterocycles. The molecule has 0 bridgehead atoms. The van der Waals surface area contributed by atoms with Crippen LogP contribution in [-0.4, -0.2) is 6.21 Å². The summed E-state index contributed by atoms with van der Waals surface area (Å²) < 4.78 is 38.1. The van der Waals surface area contributed by atoms with Crippen molar-refractivity contribution in [2.24, 2.45) is 4.99 Å². The molecule has 1 aromatic carbocycles. The van der Waals surface area contributed by atoms with Gasteiger partial charge in [0.15, 0.2) is 0 Å². The molecular formula is C14H13BrF3N. The van der Waals surface area contributed by atoms with Crippen LogP contribution in [-0.2, 0) is 6.18 Å². The Balaban J connectivity index is 2.90. The first kappa shape index (κ1) is 15.7. The van der Waals surface area contributed by atoms with Crippen LogP contribution >= 0.6 is 15.9 Å². The summed E-state index contributed by atoms with van der Waals surface area (Å²) in [5, 5.41) is 0. The third-order valence-electron chi connectivity index (χ3n) is 2.31. The first-order chi connectivity index (χ1) is 8.82. The van der Waals surface area contributed by atoms with Crippen molar-refractivity contribution in [2.75, 3.05) is 0 Å². The van der Waals surface area contributed by atoms with Gasteiger partial charge in [-0.15, -0.1) is 0 Å². The second-order valence-electron chi connectivity index (χ2n) is 3.84. The second kappa shape index (κ2) is 6.70. The van der Waals surface area contributed by atoms with Gasteiger partial charge in [-0.3, -0.25) is 4.99 Å². The molecule has 19 heavy (non-hydrogen) atoms. The SMILES string of the molecule is C=C(C=CC=Nc1cc(Br)cc(C(F)(F)F)c1)CC. The van der Waals surface area contributed by atoms with Gasteiger partial charge in [0.05, 0.1) is 11.3 Å². The molecule has 5 heteroatoms. The monoisotopic (exact) mass is 331 g/mol. The minimum atomic E-state index is -4.37. The van der Waals surface area contributed by atoms with E-state index in [0.29, 0.717) is 4.47 Å². The molecule has 0 aromatic heterocycles. The standard InChI is InChI=1S/C14H13BrF3N/c1-3-10(2)5-4-6-19-13-8-11(14(16,17)18)7-12(15)9-13/h4-9H,2-3H2,1H3. The molecule has 0 radical (unpaired) electrons. The highest BCUT2D eigenvalue weighted by Crippen LogP contribution is 2.34. The van der Waals surface area contributed by atoms with Gasteiger partial charge < -0.3 is 0 Å². The Morgan fingerprint density at radius 3 is 2.63 bits per heavy atom. The van der Waals surface area contributed by atoms with Crippen molar-refractivity contribution in [3.8, 4) is 0 Å². The van der Waals surface area contributed by atoms with Crippen molar-refractivity contribution in [1.82, 2.24) is 0 Å². The fourth-order valence-corrected chi connectivity index (χ4v) is 1.72. The maximum atomic E-state index is 12.6. The first-order valence-electron chi connectivity index (χ1n) is 5.59. The number of alkyl halides is 3. The van der Waals surface area contributed by atoms with Crippen molar-refractivity contribution < 1.29 is 13.2 Å². The van der Waals surface area contributed by atoms with Gasteiger partial charge >= 0.3 is 6.18 Å². The van der Waals surface area contributed by atoms with E-state index >= 15 is 0 Å². The fraction of sp³-hybridized carbons (Fsp3) is 0.214. The van der Waals surface area contributed by atoms with E-state index in [4.69, 9.17) is 0 Å². The lowest BCUT2D eigenvalue weighted by Crippen LogP contribution is -2.04. The van der Waals surface area contributed by atoms with Gasteiger partial charge in [0, 0.05) is 10.7 Å². The molecule has 0 N–H and O–H groups in total. The maximum absolute atomic E-state index is 12.6. The highest BCUT2D eigenvalue weighted by Gasteiger charge is 2.30. The molecule has 0 heterocycles. The Morgan fingerprint density at radius 1 is 1.37 bits per heavy atom. The minimum absolute atomic E-state index is 0.244. The summed E-state index contributed by atoms with van der Waals surface area (Å²) in [6, 6.07) is 3.55. The number of hydrogen-bond donors (Lipinski definition) is 0. The number of benzene rings is 1. The van der Waals surface area contributed by atoms with Gasteiger partial charge in [0.1, 0.15) is 0 Å². The smallest absolute Gasteiger partial charge is 0.257 e. The fourth-order valence-electron chi connectivity index (χ4n) is 1.24. The lowest BCUT2D eigenvalue weighted by molar-refractivity contribution is -0.137. The van der Waals surface area contributed by atoms with Gasteiger partial charge in [-0.05, 0) is 30.7 Å². The van der Waals surface area contributed by atoms with E-state index in [0.717, 1.165) is 24.1 Å². The molecule has 1 nitrogen and oxygen atoms in total. The van der Waals surface area contributed by atoms with Crippen LogP contribution < -0.4 is 0 Å². The van der Waals surface area contributed by atoms with Crippen LogP contribution in [0.25, 0.3) is 0 Å². The molecule has 0 atom stereocenters. The molecule has 0 fully saturated rings. The first-order valence-corrected chi connectivity index (χ1v) is 6.38. The normalized spacial score (nSPS) is 12.5. The van der Waals surface area contributed by atoms with Gasteiger partial charge in [0.2, 0.25) is 0 Å². The number of nitrogens with zero attached hydrogens (tertiary/aromatic N) is 1. The van der Waals surface area contributed by atoms with Crippen LogP contribution in [0.4, 0.5) is 18.9 Å². The predicted octanol–water partition coefficient (Wildman–Crippen LogP) is 5.69. The highest BCUT2D eigenvalue weighted by atomic mass is 79.9. The molecule has 0 unspecified atom stereocenters. The Bertz CT molecular complexity index is 516. The van der Waals surface area contributed by atoms with Crippen LogP contribution in [0.3, 0.4) is 0 Å². The lowest BCUT2D eigenvalue weighted by Gasteiger charge is -2.07. The average Bonchev–Trinajstić information content (AvgIpc) is 2.32. The van der Waals surface area contributed by atoms with Crippen molar-refractivity contribution in [3.05, 3.63) is 52.5 Å². The van der Waals surface area contributed by atoms with E-state index < -0.39 is 11.7 Å². The van der Waals surface area contributed by atoms with E-state index in [1.165, 1.54) is 12.3 Å². The van der Waals surface area contributed by atoms with Crippen LogP contribution in [0, 0.1) is 0 Å². The van der Waals surface area contributed by atoms with Gasteiger partial charge in [-0.1, -0.05) is 41.1 Å². The second-order valence-corrected chi connectivity index (χ2v) is 4.76. The maximum Gasteiger partial charge on any atom is 0.416 e. The Hall–Kier alpha value is -1.36. The molecule has 1 rings (SSSR count). The Labute approximate surface area is 118 Å². The van der Waals surface area contributed by atoms with Crippen molar-refractivity contribution in [1.29, 1.82) is 0 Å². The van der Waals surface area contributed by atoms with E-state index in [1.54, 1.807) is 12.2 Å². The Morgan fingerprint density at radius 2 is 2.05 bits per heavy atom. The van der Waals surface area contributed by atoms with Gasteiger partial charge in [0.25, 0.3) is 0 Å². The minimum Gasteiger partial charge on any atom is -0.257 e. The quantitative estimate of drug-likeness (QED) is 0.496. The number of rotatable bonds is 4. The van der Waals surface area contributed by atoms with E-state index in [2.05, 4.69) is 27.5 Å². The molecule has 0 aliphatic carbocycles. The number of halogens is 4. The summed E-state index contributed by atoms with van der Waals surface area (Å²) >= 11 is 3.04. The molecule has 0 spiro atoms. The third kappa shape index (κ3) is 5.42. The highest BCUT2D eigenvalue weighted by molar-refractivity contribution is 9.10. The predicted molar refractivity (Wildman–Crippen MR) is 75.9 cm³/mol. The molecular weight excluding hydrogens is 319 g/mol. The summed E-state index contributed by atoms with van der Waals surface area (Å²) in [5.74, 6) is 0. The number of allylic oxidation sites excluding steroid dienone is 3.